The first kappa shape index (κ1) is 17.8. The molecule has 1 aliphatic rings. The van der Waals surface area contributed by atoms with Crippen LogP contribution in [0, 0.1) is 11.0 Å². The van der Waals surface area contributed by atoms with Crippen LogP contribution in [0.1, 0.15) is 11.3 Å². The fourth-order valence-electron chi connectivity index (χ4n) is 3.13. The van der Waals surface area contributed by atoms with Crippen LogP contribution in [0.2, 0.25) is 0 Å². The maximum absolute atomic E-state index is 14.3. The normalized spacial score (nSPS) is 19.4. The molecule has 0 spiro atoms. The largest absolute Gasteiger partial charge is 0.617 e. The lowest BCUT2D eigenvalue weighted by molar-refractivity contribution is 0.192. The molecule has 0 saturated carbocycles. The van der Waals surface area contributed by atoms with Crippen LogP contribution in [-0.4, -0.2) is 28.9 Å². The Morgan fingerprint density at radius 3 is 2.61 bits per heavy atom. The van der Waals surface area contributed by atoms with Gasteiger partial charge in [0.1, 0.15) is 0 Å². The van der Waals surface area contributed by atoms with Gasteiger partial charge < -0.3 is 5.21 Å². The highest BCUT2D eigenvalue weighted by Crippen LogP contribution is 2.29. The zero-order chi connectivity index (χ0) is 19.9. The molecule has 1 aromatic heterocycles. The third-order valence-electron chi connectivity index (χ3n) is 4.56. The van der Waals surface area contributed by atoms with Gasteiger partial charge in [-0.25, -0.2) is 29.0 Å². The number of hydroxylamine groups is 2. The summed E-state index contributed by atoms with van der Waals surface area (Å²) in [6.45, 7) is -0.620. The lowest BCUT2D eigenvalue weighted by Gasteiger charge is -2.40. The molecule has 4 amide bonds. The van der Waals surface area contributed by atoms with Crippen molar-refractivity contribution in [3.8, 4) is 0 Å². The maximum Gasteiger partial charge on any atom is 0.431 e. The minimum atomic E-state index is -1.70. The van der Waals surface area contributed by atoms with E-state index in [0.29, 0.717) is 22.0 Å². The standard InChI is InChI=1S/C18H14FN5O4/c19-13-6-5-10(8-15(13)24(28)9-20-17(26)21-18(24)27)7-14-11-3-1-2-4-12(11)16(25)23-22-14/h1-6,8H,7,9H2,(H,23,25)(H2,20,21,26,27). The molecule has 10 heteroatoms. The summed E-state index contributed by atoms with van der Waals surface area (Å²) in [5, 5.41) is 24.5. The van der Waals surface area contributed by atoms with Gasteiger partial charge in [0.15, 0.2) is 18.2 Å². The summed E-state index contributed by atoms with van der Waals surface area (Å²) in [5.41, 5.74) is 0.286. The Labute approximate surface area is 156 Å². The van der Waals surface area contributed by atoms with Gasteiger partial charge in [0.2, 0.25) is 0 Å². The van der Waals surface area contributed by atoms with Crippen molar-refractivity contribution in [3.63, 3.8) is 0 Å². The quantitative estimate of drug-likeness (QED) is 0.470. The summed E-state index contributed by atoms with van der Waals surface area (Å²) >= 11 is 0. The number of amides is 4. The number of rotatable bonds is 3. The van der Waals surface area contributed by atoms with Gasteiger partial charge >= 0.3 is 12.1 Å². The van der Waals surface area contributed by atoms with Crippen molar-refractivity contribution in [1.82, 2.24) is 25.5 Å². The van der Waals surface area contributed by atoms with Crippen molar-refractivity contribution in [1.29, 1.82) is 0 Å². The van der Waals surface area contributed by atoms with Crippen LogP contribution in [0.4, 0.5) is 19.7 Å². The van der Waals surface area contributed by atoms with Crippen molar-refractivity contribution >= 4 is 28.5 Å². The third-order valence-corrected chi connectivity index (χ3v) is 4.56. The number of hydrogen-bond donors (Lipinski definition) is 3. The van der Waals surface area contributed by atoms with Gasteiger partial charge in [-0.2, -0.15) is 5.10 Å². The van der Waals surface area contributed by atoms with Gasteiger partial charge in [0.25, 0.3) is 5.56 Å². The number of benzene rings is 2. The van der Waals surface area contributed by atoms with E-state index in [4.69, 9.17) is 0 Å². The third kappa shape index (κ3) is 2.90. The Balaban J connectivity index is 1.75. The lowest BCUT2D eigenvalue weighted by atomic mass is 10.0. The van der Waals surface area contributed by atoms with Crippen LogP contribution in [0.25, 0.3) is 10.8 Å². The van der Waals surface area contributed by atoms with E-state index < -0.39 is 34.9 Å². The van der Waals surface area contributed by atoms with Gasteiger partial charge in [-0.1, -0.05) is 24.3 Å². The van der Waals surface area contributed by atoms with Crippen LogP contribution in [0.5, 0.6) is 0 Å². The number of carbonyl (C=O) groups excluding carboxylic acids is 2. The van der Waals surface area contributed by atoms with Crippen LogP contribution >= 0.6 is 0 Å². The number of imide groups is 1. The zero-order valence-corrected chi connectivity index (χ0v) is 14.4. The Bertz CT molecular complexity index is 1180. The number of quaternary nitrogens is 1. The molecule has 1 atom stereocenters. The van der Waals surface area contributed by atoms with E-state index in [2.05, 4.69) is 15.5 Å². The summed E-state index contributed by atoms with van der Waals surface area (Å²) in [4.78, 5) is 35.1. The number of halogens is 1. The zero-order valence-electron chi connectivity index (χ0n) is 14.4. The van der Waals surface area contributed by atoms with Crippen molar-refractivity contribution in [2.45, 2.75) is 6.42 Å². The minimum Gasteiger partial charge on any atom is -0.617 e. The second-order valence-electron chi connectivity index (χ2n) is 6.34. The Kier molecular flexibility index (Phi) is 4.13. The molecule has 1 saturated heterocycles. The fourth-order valence-corrected chi connectivity index (χ4v) is 3.13. The topological polar surface area (TPSA) is 127 Å². The van der Waals surface area contributed by atoms with E-state index in [9.17, 15) is 24.0 Å². The number of hydrogen-bond acceptors (Lipinski definition) is 5. The summed E-state index contributed by atoms with van der Waals surface area (Å²) in [7, 11) is 0. The van der Waals surface area contributed by atoms with Crippen molar-refractivity contribution < 1.29 is 14.0 Å². The molecule has 1 aliphatic heterocycles. The number of aromatic amines is 1. The van der Waals surface area contributed by atoms with E-state index in [-0.39, 0.29) is 12.0 Å². The Morgan fingerprint density at radius 2 is 1.86 bits per heavy atom. The molecule has 1 fully saturated rings. The summed E-state index contributed by atoms with van der Waals surface area (Å²) < 4.78 is 12.6. The van der Waals surface area contributed by atoms with Gasteiger partial charge in [-0.3, -0.25) is 10.1 Å². The van der Waals surface area contributed by atoms with Gasteiger partial charge in [0.05, 0.1) is 11.1 Å². The minimum absolute atomic E-state index is 0.193. The van der Waals surface area contributed by atoms with Gasteiger partial charge in [0, 0.05) is 17.9 Å². The number of H-pyrrole nitrogens is 1. The van der Waals surface area contributed by atoms with Crippen LogP contribution in [0.3, 0.4) is 0 Å². The summed E-state index contributed by atoms with van der Waals surface area (Å²) in [6.07, 6.45) is 0.193. The van der Waals surface area contributed by atoms with E-state index in [1.165, 1.54) is 12.1 Å². The number of carbonyl (C=O) groups is 2. The van der Waals surface area contributed by atoms with Gasteiger partial charge in [-0.05, 0) is 17.7 Å². The number of urea groups is 2. The number of nitrogens with one attached hydrogen (secondary N) is 3. The first-order valence-corrected chi connectivity index (χ1v) is 8.32. The molecule has 4 rings (SSSR count). The Morgan fingerprint density at radius 1 is 1.11 bits per heavy atom. The highest BCUT2D eigenvalue weighted by molar-refractivity contribution is 6.02. The molecule has 0 radical (unpaired) electrons. The molecule has 3 aromatic rings. The smallest absolute Gasteiger partial charge is 0.431 e. The molecule has 1 unspecified atom stereocenters. The summed E-state index contributed by atoms with van der Waals surface area (Å²) in [6, 6.07) is 8.73. The predicted molar refractivity (Wildman–Crippen MR) is 98.7 cm³/mol. The molecule has 3 N–H and O–H groups in total. The molecule has 0 bridgehead atoms. The lowest BCUT2D eigenvalue weighted by Crippen LogP contribution is -2.67. The number of fused-ring (bicyclic) bond motifs is 1. The number of aromatic nitrogens is 2. The van der Waals surface area contributed by atoms with Crippen LogP contribution in [-0.2, 0) is 6.42 Å². The van der Waals surface area contributed by atoms with E-state index in [1.54, 1.807) is 24.3 Å². The molecular weight excluding hydrogens is 369 g/mol. The van der Waals surface area contributed by atoms with E-state index in [1.807, 2.05) is 5.32 Å². The molecule has 9 nitrogen and oxygen atoms in total. The van der Waals surface area contributed by atoms with Crippen molar-refractivity contribution in [3.05, 3.63) is 75.1 Å². The highest BCUT2D eigenvalue weighted by Gasteiger charge is 2.39. The molecule has 2 heterocycles. The highest BCUT2D eigenvalue weighted by atomic mass is 19.1. The van der Waals surface area contributed by atoms with E-state index >= 15 is 0 Å². The van der Waals surface area contributed by atoms with E-state index in [0.717, 1.165) is 6.07 Å². The first-order valence-electron chi connectivity index (χ1n) is 8.32. The average Bonchev–Trinajstić information content (AvgIpc) is 2.69. The second kappa shape index (κ2) is 6.51. The SMILES string of the molecule is O=C1NC[N+]([O-])(c2cc(Cc3n[nH]c(=O)c4ccccc34)ccc2F)C(=O)N1. The molecule has 2 aromatic carbocycles. The fraction of sp³-hybridized carbons (Fsp3) is 0.111. The van der Waals surface area contributed by atoms with Crippen LogP contribution < -0.4 is 20.8 Å². The molecular formula is C18H14FN5O4. The molecule has 0 aliphatic carbocycles. The summed E-state index contributed by atoms with van der Waals surface area (Å²) in [5.74, 6) is -0.871. The Hall–Kier alpha value is -3.63. The monoisotopic (exact) mass is 383 g/mol. The molecule has 28 heavy (non-hydrogen) atoms. The second-order valence-corrected chi connectivity index (χ2v) is 6.34. The predicted octanol–water partition coefficient (Wildman–Crippen LogP) is 1.85. The van der Waals surface area contributed by atoms with Gasteiger partial charge in [-0.15, -0.1) is 0 Å². The average molecular weight is 383 g/mol. The number of nitrogens with zero attached hydrogens (tertiary/aromatic N) is 2. The van der Waals surface area contributed by atoms with Crippen LogP contribution in [0.15, 0.2) is 47.3 Å². The van der Waals surface area contributed by atoms with Crippen molar-refractivity contribution in [2.75, 3.05) is 6.67 Å². The maximum atomic E-state index is 14.3. The first-order chi connectivity index (χ1) is 13.4. The van der Waals surface area contributed by atoms with Crippen molar-refractivity contribution in [2.24, 2.45) is 0 Å². The molecule has 142 valence electrons.